The molecule has 0 unspecified atom stereocenters. The van der Waals surface area contributed by atoms with Gasteiger partial charge in [0, 0.05) is 6.21 Å². The van der Waals surface area contributed by atoms with Crippen molar-refractivity contribution >= 4 is 21.7 Å². The van der Waals surface area contributed by atoms with Crippen LogP contribution in [0.25, 0.3) is 0 Å². The van der Waals surface area contributed by atoms with Gasteiger partial charge in [-0.2, -0.15) is 0 Å². The zero-order valence-electron chi connectivity index (χ0n) is 14.6. The number of ether oxygens (including phenoxy) is 1. The van der Waals surface area contributed by atoms with Crippen LogP contribution < -0.4 is 4.74 Å². The van der Waals surface area contributed by atoms with Crippen LogP contribution in [0.2, 0.25) is 0 Å². The van der Waals surface area contributed by atoms with Gasteiger partial charge in [0.25, 0.3) is 0 Å². The molecule has 0 aromatic heterocycles. The van der Waals surface area contributed by atoms with E-state index in [1.807, 2.05) is 31.2 Å². The van der Waals surface area contributed by atoms with Gasteiger partial charge in [0.2, 0.25) is 9.84 Å². The molecule has 3 rings (SSSR count). The summed E-state index contributed by atoms with van der Waals surface area (Å²) >= 11 is 0. The van der Waals surface area contributed by atoms with Gasteiger partial charge in [-0.3, -0.25) is 4.99 Å². The van der Waals surface area contributed by atoms with Gasteiger partial charge < -0.3 is 4.74 Å². The minimum absolute atomic E-state index is 0.181. The molecule has 3 aromatic rings. The Hall–Kier alpha value is -2.92. The maximum Gasteiger partial charge on any atom is 0.206 e. The number of aryl methyl sites for hydroxylation is 1. The van der Waals surface area contributed by atoms with Crippen molar-refractivity contribution in [3.63, 3.8) is 0 Å². The minimum Gasteiger partial charge on any atom is -0.494 e. The van der Waals surface area contributed by atoms with Crippen LogP contribution in [0.4, 0.5) is 5.69 Å². The number of sulfone groups is 1. The maximum absolute atomic E-state index is 12.8. The van der Waals surface area contributed by atoms with E-state index in [4.69, 9.17) is 4.74 Å². The van der Waals surface area contributed by atoms with Gasteiger partial charge in [-0.15, -0.1) is 0 Å². The topological polar surface area (TPSA) is 55.7 Å². The van der Waals surface area contributed by atoms with Crippen molar-refractivity contribution in [2.24, 2.45) is 4.99 Å². The molecule has 0 spiro atoms. The van der Waals surface area contributed by atoms with Crippen LogP contribution in [0, 0.1) is 6.92 Å². The third-order valence-electron chi connectivity index (χ3n) is 3.91. The molecule has 0 bridgehead atoms. The highest BCUT2D eigenvalue weighted by Crippen LogP contribution is 2.32. The molecule has 0 atom stereocenters. The summed E-state index contributed by atoms with van der Waals surface area (Å²) in [5.74, 6) is 0.515. The minimum atomic E-state index is -3.61. The lowest BCUT2D eigenvalue weighted by atomic mass is 10.1. The molecule has 0 N–H and O–H groups in total. The fourth-order valence-corrected chi connectivity index (χ4v) is 3.87. The van der Waals surface area contributed by atoms with Gasteiger partial charge in [-0.25, -0.2) is 8.42 Å². The lowest BCUT2D eigenvalue weighted by Crippen LogP contribution is -2.01. The van der Waals surface area contributed by atoms with Crippen molar-refractivity contribution in [1.29, 1.82) is 0 Å². The van der Waals surface area contributed by atoms with Crippen LogP contribution in [0.15, 0.2) is 87.6 Å². The van der Waals surface area contributed by atoms with E-state index in [2.05, 4.69) is 4.99 Å². The number of nitrogens with zero attached hydrogens (tertiary/aromatic N) is 1. The molecule has 0 aliphatic rings. The predicted octanol–water partition coefficient (Wildman–Crippen LogP) is 4.59. The van der Waals surface area contributed by atoms with E-state index in [9.17, 15) is 8.42 Å². The molecule has 0 saturated heterocycles. The summed E-state index contributed by atoms with van der Waals surface area (Å²) in [6, 6.07) is 20.9. The highest BCUT2D eigenvalue weighted by atomic mass is 32.2. The highest BCUT2D eigenvalue weighted by Gasteiger charge is 2.18. The largest absolute Gasteiger partial charge is 0.494 e. The quantitative estimate of drug-likeness (QED) is 0.622. The van der Waals surface area contributed by atoms with E-state index in [0.29, 0.717) is 11.4 Å². The summed E-state index contributed by atoms with van der Waals surface area (Å²) in [6.45, 7) is 2.00. The molecule has 0 aliphatic carbocycles. The van der Waals surface area contributed by atoms with Gasteiger partial charge >= 0.3 is 0 Å². The normalized spacial score (nSPS) is 11.6. The van der Waals surface area contributed by atoms with Crippen LogP contribution >= 0.6 is 0 Å². The molecule has 0 amide bonds. The average Bonchev–Trinajstić information content (AvgIpc) is 2.67. The molecule has 3 aromatic carbocycles. The molecule has 0 aliphatic heterocycles. The van der Waals surface area contributed by atoms with E-state index in [1.54, 1.807) is 42.6 Å². The number of benzene rings is 3. The van der Waals surface area contributed by atoms with Crippen LogP contribution in [-0.2, 0) is 9.84 Å². The first-order chi connectivity index (χ1) is 12.5. The summed E-state index contributed by atoms with van der Waals surface area (Å²) in [7, 11) is -2.07. The SMILES string of the molecule is COc1ccc(S(=O)(=O)c2ccccc2)cc1N=Cc1cccc(C)c1. The third kappa shape index (κ3) is 3.83. The molecule has 0 radical (unpaired) electrons. The summed E-state index contributed by atoms with van der Waals surface area (Å²) in [5, 5.41) is 0. The molecule has 0 saturated carbocycles. The number of hydrogen-bond donors (Lipinski definition) is 0. The maximum atomic E-state index is 12.8. The summed E-state index contributed by atoms with van der Waals surface area (Å²) < 4.78 is 30.9. The summed E-state index contributed by atoms with van der Waals surface area (Å²) in [4.78, 5) is 4.87. The summed E-state index contributed by atoms with van der Waals surface area (Å²) in [5.41, 5.74) is 2.52. The second-order valence-corrected chi connectivity index (χ2v) is 7.77. The van der Waals surface area contributed by atoms with E-state index in [1.165, 1.54) is 19.2 Å². The van der Waals surface area contributed by atoms with Crippen LogP contribution in [0.3, 0.4) is 0 Å². The average molecular weight is 365 g/mol. The Morgan fingerprint density at radius 1 is 0.885 bits per heavy atom. The van der Waals surface area contributed by atoms with Crippen LogP contribution in [0.1, 0.15) is 11.1 Å². The Morgan fingerprint density at radius 3 is 2.35 bits per heavy atom. The first kappa shape index (κ1) is 17.9. The second kappa shape index (κ2) is 7.54. The Kier molecular flexibility index (Phi) is 5.19. The van der Waals surface area contributed by atoms with Crippen molar-refractivity contribution in [3.05, 3.63) is 83.9 Å². The zero-order chi connectivity index (χ0) is 18.6. The lowest BCUT2D eigenvalue weighted by Gasteiger charge is -2.09. The Morgan fingerprint density at radius 2 is 1.65 bits per heavy atom. The molecule has 0 fully saturated rings. The molecule has 4 nitrogen and oxygen atoms in total. The monoisotopic (exact) mass is 365 g/mol. The number of aliphatic imine (C=N–C) groups is 1. The van der Waals surface area contributed by atoms with E-state index in [0.717, 1.165) is 11.1 Å². The standard InChI is InChI=1S/C21H19NO3S/c1-16-7-6-8-17(13-16)15-22-20-14-19(11-12-21(20)25-2)26(23,24)18-9-4-3-5-10-18/h3-15H,1-2H3. The van der Waals surface area contributed by atoms with Crippen LogP contribution in [0.5, 0.6) is 5.75 Å². The van der Waals surface area contributed by atoms with Gasteiger partial charge in [-0.05, 0) is 42.8 Å². The third-order valence-corrected chi connectivity index (χ3v) is 5.68. The zero-order valence-corrected chi connectivity index (χ0v) is 15.4. The van der Waals surface area contributed by atoms with Crippen molar-refractivity contribution in [2.75, 3.05) is 7.11 Å². The molecular weight excluding hydrogens is 346 g/mol. The fraction of sp³-hybridized carbons (Fsp3) is 0.0952. The van der Waals surface area contributed by atoms with Gasteiger partial charge in [0.1, 0.15) is 11.4 Å². The first-order valence-electron chi connectivity index (χ1n) is 8.09. The predicted molar refractivity (Wildman–Crippen MR) is 103 cm³/mol. The van der Waals surface area contributed by atoms with Crippen molar-refractivity contribution < 1.29 is 13.2 Å². The smallest absolute Gasteiger partial charge is 0.206 e. The van der Waals surface area contributed by atoms with Gasteiger partial charge in [0.05, 0.1) is 16.9 Å². The highest BCUT2D eigenvalue weighted by molar-refractivity contribution is 7.91. The summed E-state index contributed by atoms with van der Waals surface area (Å²) in [6.07, 6.45) is 1.70. The van der Waals surface area contributed by atoms with E-state index < -0.39 is 9.84 Å². The van der Waals surface area contributed by atoms with Crippen molar-refractivity contribution in [2.45, 2.75) is 16.7 Å². The van der Waals surface area contributed by atoms with Gasteiger partial charge in [-0.1, -0.05) is 48.0 Å². The van der Waals surface area contributed by atoms with Gasteiger partial charge in [0.15, 0.2) is 0 Å². The lowest BCUT2D eigenvalue weighted by molar-refractivity contribution is 0.416. The van der Waals surface area contributed by atoms with Crippen molar-refractivity contribution in [3.8, 4) is 5.75 Å². The second-order valence-electron chi connectivity index (χ2n) is 5.82. The number of methoxy groups -OCH3 is 1. The molecule has 0 heterocycles. The van der Waals surface area contributed by atoms with E-state index in [-0.39, 0.29) is 9.79 Å². The fourth-order valence-electron chi connectivity index (χ4n) is 2.57. The molecule has 26 heavy (non-hydrogen) atoms. The van der Waals surface area contributed by atoms with Crippen molar-refractivity contribution in [1.82, 2.24) is 0 Å². The molecular formula is C21H19NO3S. The Labute approximate surface area is 153 Å². The number of hydrogen-bond acceptors (Lipinski definition) is 4. The van der Waals surface area contributed by atoms with Crippen LogP contribution in [-0.4, -0.2) is 21.7 Å². The molecule has 5 heteroatoms. The number of rotatable bonds is 5. The van der Waals surface area contributed by atoms with E-state index >= 15 is 0 Å². The Bertz CT molecular complexity index is 1040. The first-order valence-corrected chi connectivity index (χ1v) is 9.58. The Balaban J connectivity index is 2.02. The molecule has 132 valence electrons.